The van der Waals surface area contributed by atoms with Crippen molar-refractivity contribution >= 4 is 70.6 Å². The van der Waals surface area contributed by atoms with E-state index in [0.29, 0.717) is 18.4 Å². The molecule has 3 unspecified atom stereocenters. The van der Waals surface area contributed by atoms with Crippen molar-refractivity contribution in [3.05, 3.63) is 108 Å². The van der Waals surface area contributed by atoms with Crippen LogP contribution in [0.4, 0.5) is 0 Å². The number of guanidine groups is 1. The van der Waals surface area contributed by atoms with E-state index in [4.69, 9.17) is 16.2 Å². The minimum absolute atomic E-state index is 0.00229. The molecule has 0 spiro atoms. The van der Waals surface area contributed by atoms with E-state index in [2.05, 4.69) is 52.5 Å². The number of aromatic nitrogens is 1. The van der Waals surface area contributed by atoms with Crippen LogP contribution in [0, 0.1) is 0 Å². The smallest absolute Gasteiger partial charge is 0.326 e. The molecule has 4 rings (SSSR count). The Labute approximate surface area is 428 Å². The van der Waals surface area contributed by atoms with Crippen LogP contribution in [-0.2, 0) is 67.3 Å². The first kappa shape index (κ1) is 58.2. The van der Waals surface area contributed by atoms with E-state index in [1.54, 1.807) is 13.1 Å². The Morgan fingerprint density at radius 1 is 0.676 bits per heavy atom. The summed E-state index contributed by atoms with van der Waals surface area (Å²) in [7, 11) is 0. The molecule has 1 heterocycles. The van der Waals surface area contributed by atoms with Gasteiger partial charge in [0, 0.05) is 49.6 Å². The van der Waals surface area contributed by atoms with Crippen LogP contribution in [0.1, 0.15) is 69.1 Å². The number of para-hydroxylation sites is 1. The molecule has 3 aromatic carbocycles. The molecule has 0 saturated carbocycles. The number of rotatable bonds is 33. The van der Waals surface area contributed by atoms with Crippen LogP contribution in [0.25, 0.3) is 10.9 Å². The Morgan fingerprint density at radius 3 is 1.96 bits per heavy atom. The summed E-state index contributed by atoms with van der Waals surface area (Å²) in [5.74, 6) is -6.51. The normalized spacial score (nSPS) is 13.3. The maximum absolute atomic E-state index is 14.2. The zero-order valence-corrected chi connectivity index (χ0v) is 41.5. The van der Waals surface area contributed by atoms with Crippen molar-refractivity contribution in [3.63, 3.8) is 0 Å². The Morgan fingerprint density at radius 2 is 1.28 bits per heavy atom. The number of aliphatic carboxylic acids is 1. The van der Waals surface area contributed by atoms with Crippen LogP contribution in [-0.4, -0.2) is 132 Å². The molecule has 0 aliphatic carbocycles. The van der Waals surface area contributed by atoms with Gasteiger partial charge in [-0.2, -0.15) is 0 Å². The number of aromatic amines is 1. The molecule has 74 heavy (non-hydrogen) atoms. The molecule has 0 bridgehead atoms. The number of aliphatic imine (C=N–C) groups is 1. The molecular weight excluding hydrogens is 957 g/mol. The Kier molecular flexibility index (Phi) is 24.5. The molecule has 0 saturated heterocycles. The summed E-state index contributed by atoms with van der Waals surface area (Å²) >= 11 is 0. The monoisotopic (exact) mass is 1020 g/mol. The molecule has 23 heteroatoms. The van der Waals surface area contributed by atoms with E-state index in [-0.39, 0.29) is 76.8 Å². The number of hydrogen-bond acceptors (Lipinski definition) is 11. The quantitative estimate of drug-likeness (QED) is 0.0126. The lowest BCUT2D eigenvalue weighted by molar-refractivity contribution is -0.142. The van der Waals surface area contributed by atoms with E-state index in [0.717, 1.165) is 22.0 Å². The van der Waals surface area contributed by atoms with Gasteiger partial charge in [-0.25, -0.2) is 4.79 Å². The Bertz CT molecular complexity index is 2520. The number of carboxylic acid groups (broad SMARTS) is 1. The molecule has 4 aromatic rings. The van der Waals surface area contributed by atoms with Gasteiger partial charge in [-0.1, -0.05) is 78.9 Å². The molecule has 6 atom stereocenters. The van der Waals surface area contributed by atoms with Gasteiger partial charge in [-0.15, -0.1) is 0 Å². The van der Waals surface area contributed by atoms with Gasteiger partial charge in [-0.3, -0.25) is 43.3 Å². The van der Waals surface area contributed by atoms with E-state index in [1.165, 1.54) is 6.92 Å². The zero-order chi connectivity index (χ0) is 53.8. The second kappa shape index (κ2) is 31.2. The fraction of sp³-hybridized carbons (Fsp3) is 0.412. The molecule has 0 aliphatic heterocycles. The predicted molar refractivity (Wildman–Crippen MR) is 274 cm³/mol. The molecule has 0 radical (unpaired) electrons. The summed E-state index contributed by atoms with van der Waals surface area (Å²) in [6.07, 6.45) is 2.49. The third kappa shape index (κ3) is 21.2. The van der Waals surface area contributed by atoms with Crippen molar-refractivity contribution in [3.8, 4) is 0 Å². The van der Waals surface area contributed by atoms with E-state index >= 15 is 0 Å². The average molecular weight is 1030 g/mol. The number of ether oxygens (including phenoxy) is 1. The van der Waals surface area contributed by atoms with E-state index in [9.17, 15) is 48.3 Å². The number of benzene rings is 3. The predicted octanol–water partition coefficient (Wildman–Crippen LogP) is -0.321. The van der Waals surface area contributed by atoms with Crippen LogP contribution in [0.3, 0.4) is 0 Å². The number of amides is 8. The van der Waals surface area contributed by atoms with Crippen molar-refractivity contribution in [1.29, 1.82) is 0 Å². The molecule has 1 aromatic heterocycles. The largest absolute Gasteiger partial charge is 0.480 e. The molecule has 0 fully saturated rings. The number of nitrogens with one attached hydrogen (secondary N) is 9. The first-order valence-electron chi connectivity index (χ1n) is 24.2. The van der Waals surface area contributed by atoms with Gasteiger partial charge < -0.3 is 68.8 Å². The van der Waals surface area contributed by atoms with Crippen molar-refractivity contribution < 1.29 is 53.0 Å². The highest BCUT2D eigenvalue weighted by molar-refractivity contribution is 5.97. The third-order valence-electron chi connectivity index (χ3n) is 11.4. The number of carbonyl (C=O) groups excluding carboxylic acids is 8. The second-order valence-electron chi connectivity index (χ2n) is 17.6. The van der Waals surface area contributed by atoms with Gasteiger partial charge in [0.15, 0.2) is 5.96 Å². The molecule has 0 aliphatic rings. The van der Waals surface area contributed by atoms with Gasteiger partial charge in [0.2, 0.25) is 47.8 Å². The molecule has 398 valence electrons. The maximum atomic E-state index is 14.2. The van der Waals surface area contributed by atoms with E-state index in [1.807, 2.05) is 84.9 Å². The SMILES string of the molecule is CC(=O)N[C@@H](CCCN=C(N)N)C(=O)NC(CC(=O)NCCCCC(NC(=O)[C@H](Cc1c[nH]c2ccccc12)NC(=O)CNC=O)C(=O)O)C(=O)N[C@@H](COCc1ccccc1)C(=O)NC(C)Cc1ccccc1. The summed E-state index contributed by atoms with van der Waals surface area (Å²) in [5.41, 5.74) is 14.1. The number of nitrogens with zero attached hydrogens (tertiary/aromatic N) is 1. The molecule has 8 amide bonds. The first-order chi connectivity index (χ1) is 35.5. The fourth-order valence-electron chi connectivity index (χ4n) is 7.78. The Hall–Kier alpha value is -8.34. The molecular formula is C51H68N12O11. The summed E-state index contributed by atoms with van der Waals surface area (Å²) < 4.78 is 5.89. The average Bonchev–Trinajstić information content (AvgIpc) is 3.77. The van der Waals surface area contributed by atoms with Crippen molar-refractivity contribution in [2.24, 2.45) is 16.5 Å². The summed E-state index contributed by atoms with van der Waals surface area (Å²) in [6.45, 7) is 2.53. The molecule has 23 nitrogen and oxygen atoms in total. The number of hydrogen-bond donors (Lipinski definition) is 12. The lowest BCUT2D eigenvalue weighted by atomic mass is 10.0. The second-order valence-corrected chi connectivity index (χ2v) is 17.6. The van der Waals surface area contributed by atoms with Gasteiger partial charge >= 0.3 is 5.97 Å². The summed E-state index contributed by atoms with van der Waals surface area (Å²) in [6, 6.07) is 18.9. The highest BCUT2D eigenvalue weighted by atomic mass is 16.5. The standard InChI is InChI=1S/C51H68N12O11/c1-32(24-34-14-5-3-6-15-34)58-49(71)43(30-74-29-35-16-7-4-8-17-35)63-48(70)42(62-46(68)39(59-33(2)65)21-13-23-56-51(52)53)26-44(66)55-22-12-11-20-40(50(72)73)61-47(69)41(60-45(67)28-54-31-64)25-36-27-57-38-19-10-9-18-37(36)38/h3-10,14-19,27,31-32,39-43,57H,11-13,20-26,28-30H2,1-2H3,(H,54,64)(H,55,66)(H,58,71)(H,59,65)(H,60,67)(H,61,69)(H,62,68)(H,63,70)(H,72,73)(H4,52,53,56)/t32?,39-,40?,41-,42?,43-/m0/s1. The van der Waals surface area contributed by atoms with Gasteiger partial charge in [0.1, 0.15) is 30.2 Å². The number of nitrogens with two attached hydrogens (primary N) is 2. The van der Waals surface area contributed by atoms with Gasteiger partial charge in [-0.05, 0) is 68.2 Å². The van der Waals surface area contributed by atoms with Crippen LogP contribution >= 0.6 is 0 Å². The number of H-pyrrole nitrogens is 1. The lowest BCUT2D eigenvalue weighted by Crippen LogP contribution is -2.59. The minimum Gasteiger partial charge on any atom is -0.480 e. The van der Waals surface area contributed by atoms with Crippen molar-refractivity contribution in [2.45, 2.75) is 108 Å². The van der Waals surface area contributed by atoms with Crippen LogP contribution in [0.5, 0.6) is 0 Å². The van der Waals surface area contributed by atoms with Crippen LogP contribution in [0.15, 0.2) is 96.1 Å². The highest BCUT2D eigenvalue weighted by Crippen LogP contribution is 2.19. The van der Waals surface area contributed by atoms with Crippen molar-refractivity contribution in [2.75, 3.05) is 26.2 Å². The zero-order valence-electron chi connectivity index (χ0n) is 41.5. The number of unbranched alkanes of at least 4 members (excludes halogenated alkanes) is 1. The fourth-order valence-corrected chi connectivity index (χ4v) is 7.78. The van der Waals surface area contributed by atoms with Gasteiger partial charge in [0.05, 0.1) is 26.2 Å². The number of carboxylic acids is 1. The van der Waals surface area contributed by atoms with Crippen LogP contribution < -0.4 is 54.0 Å². The van der Waals surface area contributed by atoms with Crippen molar-refractivity contribution in [1.82, 2.24) is 47.5 Å². The minimum atomic E-state index is -1.58. The third-order valence-corrected chi connectivity index (χ3v) is 11.4. The topological polar surface area (TPSA) is 360 Å². The lowest BCUT2D eigenvalue weighted by Gasteiger charge is -2.26. The first-order valence-corrected chi connectivity index (χ1v) is 24.2. The summed E-state index contributed by atoms with van der Waals surface area (Å²) in [4.78, 5) is 124. The Balaban J connectivity index is 1.44. The highest BCUT2D eigenvalue weighted by Gasteiger charge is 2.32. The van der Waals surface area contributed by atoms with E-state index < -0.39 is 90.5 Å². The maximum Gasteiger partial charge on any atom is 0.326 e. The van der Waals surface area contributed by atoms with Gasteiger partial charge in [0.25, 0.3) is 0 Å². The number of carbonyl (C=O) groups is 9. The summed E-state index contributed by atoms with van der Waals surface area (Å²) in [5, 5.41) is 31.5. The molecule has 14 N–H and O–H groups in total. The van der Waals surface area contributed by atoms with Crippen LogP contribution in [0.2, 0.25) is 0 Å². The number of fused-ring (bicyclic) bond motifs is 1.